The fourth-order valence-electron chi connectivity index (χ4n) is 1.79. The molecule has 0 aliphatic carbocycles. The van der Waals surface area contributed by atoms with Gasteiger partial charge in [0.25, 0.3) is 0 Å². The van der Waals surface area contributed by atoms with Crippen LogP contribution in [0, 0.1) is 0 Å². The van der Waals surface area contributed by atoms with Crippen molar-refractivity contribution in [2.24, 2.45) is 0 Å². The van der Waals surface area contributed by atoms with Crippen LogP contribution in [0.2, 0.25) is 13.1 Å². The Morgan fingerprint density at radius 3 is 2.29 bits per heavy atom. The van der Waals surface area contributed by atoms with E-state index in [0.717, 1.165) is 0 Å². The van der Waals surface area contributed by atoms with Gasteiger partial charge in [-0.2, -0.15) is 0 Å². The molecule has 1 aromatic rings. The van der Waals surface area contributed by atoms with E-state index in [1.54, 1.807) is 10.4 Å². The number of benzene rings is 1. The standard InChI is InChI=1S/C12H20Si2/c1-5-11(2)13-14(3,4)12-9-7-6-8-10-12/h5-10H,13H2,1-4H3. The molecule has 0 spiro atoms. The van der Waals surface area contributed by atoms with Crippen LogP contribution in [0.15, 0.2) is 41.6 Å². The molecule has 0 radical (unpaired) electrons. The maximum Gasteiger partial charge on any atom is 0.0717 e. The third-order valence-electron chi connectivity index (χ3n) is 2.77. The van der Waals surface area contributed by atoms with Crippen molar-refractivity contribution in [2.45, 2.75) is 26.9 Å². The molecular formula is C12H20Si2. The molecule has 1 rings (SSSR count). The number of hydrogen-bond acceptors (Lipinski definition) is 0. The molecule has 0 fully saturated rings. The van der Waals surface area contributed by atoms with Gasteiger partial charge in [0, 0.05) is 9.04 Å². The minimum absolute atomic E-state index is 0.0347. The number of hydrogen-bond donors (Lipinski definition) is 0. The Kier molecular flexibility index (Phi) is 3.90. The Morgan fingerprint density at radius 1 is 1.21 bits per heavy atom. The van der Waals surface area contributed by atoms with E-state index < -0.39 is 7.59 Å². The lowest BCUT2D eigenvalue weighted by Gasteiger charge is -2.22. The third kappa shape index (κ3) is 2.96. The molecule has 0 aliphatic heterocycles. The van der Waals surface area contributed by atoms with Crippen LogP contribution in [0.25, 0.3) is 0 Å². The highest BCUT2D eigenvalue weighted by molar-refractivity contribution is 7.32. The van der Waals surface area contributed by atoms with Crippen LogP contribution in [-0.2, 0) is 0 Å². The van der Waals surface area contributed by atoms with E-state index in [1.165, 1.54) is 0 Å². The molecule has 0 N–H and O–H groups in total. The van der Waals surface area contributed by atoms with Gasteiger partial charge in [0.05, 0.1) is 7.59 Å². The van der Waals surface area contributed by atoms with Crippen LogP contribution in [0.3, 0.4) is 0 Å². The summed E-state index contributed by atoms with van der Waals surface area (Å²) in [7, 11) is -1.13. The minimum Gasteiger partial charge on any atom is -0.0973 e. The van der Waals surface area contributed by atoms with Gasteiger partial charge in [0.15, 0.2) is 0 Å². The molecular weight excluding hydrogens is 200 g/mol. The van der Waals surface area contributed by atoms with Crippen molar-refractivity contribution >= 4 is 21.8 Å². The smallest absolute Gasteiger partial charge is 0.0717 e. The molecule has 76 valence electrons. The molecule has 2 heteroatoms. The molecule has 0 aliphatic rings. The van der Waals surface area contributed by atoms with E-state index in [1.807, 2.05) is 0 Å². The first-order valence-electron chi connectivity index (χ1n) is 5.23. The van der Waals surface area contributed by atoms with E-state index in [4.69, 9.17) is 0 Å². The Hall–Kier alpha value is -0.606. The molecule has 0 saturated carbocycles. The van der Waals surface area contributed by atoms with Crippen LogP contribution in [-0.4, -0.2) is 16.6 Å². The summed E-state index contributed by atoms with van der Waals surface area (Å²) >= 11 is 0. The molecule has 14 heavy (non-hydrogen) atoms. The van der Waals surface area contributed by atoms with Crippen molar-refractivity contribution in [1.29, 1.82) is 0 Å². The third-order valence-corrected chi connectivity index (χ3v) is 12.1. The van der Waals surface area contributed by atoms with Crippen LogP contribution in [0.4, 0.5) is 0 Å². The maximum absolute atomic E-state index is 2.50. The van der Waals surface area contributed by atoms with Gasteiger partial charge in [0.2, 0.25) is 0 Å². The predicted molar refractivity (Wildman–Crippen MR) is 71.5 cm³/mol. The molecule has 0 atom stereocenters. The second kappa shape index (κ2) is 4.76. The molecule has 0 amide bonds. The van der Waals surface area contributed by atoms with Crippen molar-refractivity contribution in [3.8, 4) is 0 Å². The zero-order valence-corrected chi connectivity index (χ0v) is 12.1. The second-order valence-electron chi connectivity index (χ2n) is 4.56. The Morgan fingerprint density at radius 2 is 1.79 bits per heavy atom. The van der Waals surface area contributed by atoms with Gasteiger partial charge in [-0.1, -0.05) is 59.9 Å². The Bertz CT molecular complexity index is 312. The van der Waals surface area contributed by atoms with E-state index in [-0.39, 0.29) is 9.04 Å². The molecule has 1 aromatic carbocycles. The fourth-order valence-corrected chi connectivity index (χ4v) is 10.8. The first-order chi connectivity index (χ1) is 6.56. The highest BCUT2D eigenvalue weighted by Gasteiger charge is 2.23. The molecule has 0 heterocycles. The average Bonchev–Trinajstić information content (AvgIpc) is 2.18. The van der Waals surface area contributed by atoms with Gasteiger partial charge in [-0.3, -0.25) is 0 Å². The maximum atomic E-state index is 2.50. The van der Waals surface area contributed by atoms with Crippen molar-refractivity contribution in [1.82, 2.24) is 0 Å². The first-order valence-corrected chi connectivity index (χ1v) is 11.3. The summed E-state index contributed by atoms with van der Waals surface area (Å²) < 4.78 is 0. The lowest BCUT2D eigenvalue weighted by atomic mass is 10.4. The average molecular weight is 220 g/mol. The van der Waals surface area contributed by atoms with Gasteiger partial charge in [0.1, 0.15) is 0 Å². The van der Waals surface area contributed by atoms with Crippen molar-refractivity contribution in [2.75, 3.05) is 0 Å². The Balaban J connectivity index is 2.86. The monoisotopic (exact) mass is 220 g/mol. The predicted octanol–water partition coefficient (Wildman–Crippen LogP) is 2.19. The van der Waals surface area contributed by atoms with Crippen molar-refractivity contribution in [3.63, 3.8) is 0 Å². The van der Waals surface area contributed by atoms with Crippen molar-refractivity contribution < 1.29 is 0 Å². The van der Waals surface area contributed by atoms with Crippen LogP contribution in [0.5, 0.6) is 0 Å². The zero-order valence-electron chi connectivity index (χ0n) is 9.67. The van der Waals surface area contributed by atoms with E-state index in [2.05, 4.69) is 63.3 Å². The molecule has 0 nitrogen and oxygen atoms in total. The second-order valence-corrected chi connectivity index (χ2v) is 16.7. The van der Waals surface area contributed by atoms with Crippen LogP contribution >= 0.6 is 0 Å². The van der Waals surface area contributed by atoms with Gasteiger partial charge < -0.3 is 0 Å². The summed E-state index contributed by atoms with van der Waals surface area (Å²) in [6.45, 7) is 9.46. The highest BCUT2D eigenvalue weighted by Crippen LogP contribution is 2.05. The zero-order chi connectivity index (χ0) is 10.6. The van der Waals surface area contributed by atoms with E-state index >= 15 is 0 Å². The number of allylic oxidation sites excluding steroid dienone is 2. The normalized spacial score (nSPS) is 13.9. The van der Waals surface area contributed by atoms with E-state index in [0.29, 0.717) is 0 Å². The van der Waals surface area contributed by atoms with Crippen molar-refractivity contribution in [3.05, 3.63) is 41.6 Å². The highest BCUT2D eigenvalue weighted by atomic mass is 29.2. The van der Waals surface area contributed by atoms with Crippen LogP contribution in [0.1, 0.15) is 13.8 Å². The molecule has 0 unspecified atom stereocenters. The summed E-state index contributed by atoms with van der Waals surface area (Å²) in [5.74, 6) is 0. The minimum atomic E-state index is -1.09. The lowest BCUT2D eigenvalue weighted by Crippen LogP contribution is -2.48. The quantitative estimate of drug-likeness (QED) is 0.685. The first kappa shape index (κ1) is 11.5. The summed E-state index contributed by atoms with van der Waals surface area (Å²) in [5, 5.41) is 3.28. The van der Waals surface area contributed by atoms with Crippen LogP contribution < -0.4 is 5.19 Å². The summed E-state index contributed by atoms with van der Waals surface area (Å²) in [5.41, 5.74) is 0. The molecule has 0 bridgehead atoms. The largest absolute Gasteiger partial charge is 0.0973 e. The van der Waals surface area contributed by atoms with Gasteiger partial charge >= 0.3 is 0 Å². The molecule has 0 aromatic heterocycles. The van der Waals surface area contributed by atoms with Gasteiger partial charge in [-0.15, -0.1) is 0 Å². The molecule has 0 saturated heterocycles. The topological polar surface area (TPSA) is 0 Å². The summed E-state index contributed by atoms with van der Waals surface area (Å²) in [4.78, 5) is 0. The van der Waals surface area contributed by atoms with Gasteiger partial charge in [-0.25, -0.2) is 0 Å². The van der Waals surface area contributed by atoms with E-state index in [9.17, 15) is 0 Å². The summed E-state index contributed by atoms with van der Waals surface area (Å²) in [6, 6.07) is 11.1. The lowest BCUT2D eigenvalue weighted by molar-refractivity contribution is 1.58. The van der Waals surface area contributed by atoms with Gasteiger partial charge in [-0.05, 0) is 13.8 Å². The fraction of sp³-hybridized carbons (Fsp3) is 0.333. The summed E-state index contributed by atoms with van der Waals surface area (Å²) in [6.07, 6.45) is 2.30. The Labute approximate surface area is 90.7 Å². The number of rotatable bonds is 3. The SMILES string of the molecule is CC=C(C)[SiH2][Si](C)(C)c1ccccc1.